The molecule has 0 bridgehead atoms. The molecule has 4 aromatic rings. The lowest BCUT2D eigenvalue weighted by molar-refractivity contribution is -0.127. The van der Waals surface area contributed by atoms with Gasteiger partial charge in [0.1, 0.15) is 0 Å². The average Bonchev–Trinajstić information content (AvgIpc) is 3.47. The van der Waals surface area contributed by atoms with Gasteiger partial charge in [0.25, 0.3) is 0 Å². The summed E-state index contributed by atoms with van der Waals surface area (Å²) in [5.74, 6) is -7.47. The van der Waals surface area contributed by atoms with Crippen molar-refractivity contribution in [3.63, 3.8) is 0 Å². The molecule has 10 heteroatoms. The van der Waals surface area contributed by atoms with E-state index in [1.54, 1.807) is 84.9 Å². The molecule has 0 radical (unpaired) electrons. The molecule has 6 atom stereocenters. The highest BCUT2D eigenvalue weighted by atomic mass is 79.9. The molecule has 7 nitrogen and oxygen atoms in total. The summed E-state index contributed by atoms with van der Waals surface area (Å²) in [6, 6.07) is 26.4. The number of phenols is 1. The number of fused-ring (bicyclic) bond motifs is 4. The maximum absolute atomic E-state index is 15.2. The van der Waals surface area contributed by atoms with Crippen molar-refractivity contribution in [3.8, 4) is 5.75 Å². The van der Waals surface area contributed by atoms with E-state index < -0.39 is 58.4 Å². The number of halogens is 3. The molecule has 4 amide bonds. The molecule has 48 heavy (non-hydrogen) atoms. The molecular formula is C38H27BrClFN2O5. The van der Waals surface area contributed by atoms with Crippen molar-refractivity contribution in [2.24, 2.45) is 23.7 Å². The molecule has 3 fully saturated rings. The number of nitrogens with zero attached hydrogens (tertiary/aromatic N) is 2. The lowest BCUT2D eigenvalue weighted by Crippen LogP contribution is -2.53. The van der Waals surface area contributed by atoms with Gasteiger partial charge in [-0.2, -0.15) is 0 Å². The summed E-state index contributed by atoms with van der Waals surface area (Å²) in [5.41, 5.74) is 0.403. The smallest absolute Gasteiger partial charge is 0.246 e. The first-order valence-electron chi connectivity index (χ1n) is 15.6. The summed E-state index contributed by atoms with van der Waals surface area (Å²) in [7, 11) is 0. The maximum atomic E-state index is 15.2. The number of aromatic hydroxyl groups is 1. The van der Waals surface area contributed by atoms with Crippen LogP contribution in [0.25, 0.3) is 0 Å². The monoisotopic (exact) mass is 724 g/mol. The second-order valence-corrected chi connectivity index (χ2v) is 14.1. The third-order valence-corrected chi connectivity index (χ3v) is 11.3. The quantitative estimate of drug-likeness (QED) is 0.176. The van der Waals surface area contributed by atoms with Crippen molar-refractivity contribution in [2.75, 3.05) is 9.80 Å². The molecule has 2 saturated heterocycles. The van der Waals surface area contributed by atoms with E-state index in [4.69, 9.17) is 11.6 Å². The normalized spacial score (nSPS) is 27.9. The van der Waals surface area contributed by atoms with Crippen molar-refractivity contribution < 1.29 is 28.7 Å². The van der Waals surface area contributed by atoms with Gasteiger partial charge < -0.3 is 5.11 Å². The topological polar surface area (TPSA) is 95.0 Å². The van der Waals surface area contributed by atoms with E-state index >= 15 is 9.18 Å². The predicted octanol–water partition coefficient (Wildman–Crippen LogP) is 7.31. The van der Waals surface area contributed by atoms with Crippen LogP contribution in [0.2, 0.25) is 5.02 Å². The highest BCUT2D eigenvalue weighted by Gasteiger charge is 2.70. The fraction of sp³-hybridized carbons (Fsp3) is 0.211. The third-order valence-electron chi connectivity index (χ3n) is 10.6. The number of benzene rings is 4. The van der Waals surface area contributed by atoms with Gasteiger partial charge >= 0.3 is 0 Å². The minimum absolute atomic E-state index is 0.0866. The number of imide groups is 2. The van der Waals surface area contributed by atoms with Crippen LogP contribution < -0.4 is 9.80 Å². The Balaban J connectivity index is 1.36. The molecule has 2 heterocycles. The molecule has 240 valence electrons. The highest BCUT2D eigenvalue weighted by Crippen LogP contribution is 2.65. The predicted molar refractivity (Wildman–Crippen MR) is 181 cm³/mol. The Morgan fingerprint density at radius 1 is 0.792 bits per heavy atom. The van der Waals surface area contributed by atoms with Crippen LogP contribution in [0.5, 0.6) is 5.75 Å². The van der Waals surface area contributed by atoms with Crippen LogP contribution in [0.3, 0.4) is 0 Å². The second kappa shape index (κ2) is 11.2. The molecule has 8 rings (SSSR count). The number of rotatable bonds is 4. The number of carbonyl (C=O) groups is 4. The van der Waals surface area contributed by atoms with Crippen LogP contribution in [-0.4, -0.2) is 28.7 Å². The van der Waals surface area contributed by atoms with E-state index in [-0.39, 0.29) is 35.9 Å². The number of hydrogen-bond donors (Lipinski definition) is 1. The lowest BCUT2D eigenvalue weighted by atomic mass is 9.49. The van der Waals surface area contributed by atoms with Gasteiger partial charge in [0.15, 0.2) is 11.6 Å². The zero-order valence-electron chi connectivity index (χ0n) is 25.2. The summed E-state index contributed by atoms with van der Waals surface area (Å²) in [6.45, 7) is 0. The minimum Gasteiger partial charge on any atom is -0.505 e. The number of hydrogen-bond acceptors (Lipinski definition) is 5. The van der Waals surface area contributed by atoms with Gasteiger partial charge in [-0.05, 0) is 72.9 Å². The maximum Gasteiger partial charge on any atom is 0.246 e. The number of anilines is 2. The Hall–Kier alpha value is -4.60. The van der Waals surface area contributed by atoms with Crippen molar-refractivity contribution in [2.45, 2.75) is 24.2 Å². The molecule has 6 unspecified atom stereocenters. The molecule has 0 spiro atoms. The first-order valence-corrected chi connectivity index (χ1v) is 16.8. The fourth-order valence-corrected chi connectivity index (χ4v) is 9.15. The molecule has 2 aliphatic heterocycles. The Labute approximate surface area is 288 Å². The van der Waals surface area contributed by atoms with Crippen molar-refractivity contribution in [3.05, 3.63) is 135 Å². The zero-order valence-corrected chi connectivity index (χ0v) is 27.6. The summed E-state index contributed by atoms with van der Waals surface area (Å²) < 4.78 is 16.0. The van der Waals surface area contributed by atoms with Crippen molar-refractivity contribution in [1.82, 2.24) is 0 Å². The van der Waals surface area contributed by atoms with Gasteiger partial charge in [-0.25, -0.2) is 9.29 Å². The molecule has 0 aromatic heterocycles. The summed E-state index contributed by atoms with van der Waals surface area (Å²) in [5, 5.41) is 11.7. The Morgan fingerprint density at radius 3 is 2.25 bits per heavy atom. The van der Waals surface area contributed by atoms with Gasteiger partial charge in [-0.3, -0.25) is 24.1 Å². The highest BCUT2D eigenvalue weighted by molar-refractivity contribution is 9.10. The molecule has 2 aliphatic carbocycles. The van der Waals surface area contributed by atoms with Crippen LogP contribution in [0.1, 0.15) is 29.9 Å². The van der Waals surface area contributed by atoms with Gasteiger partial charge in [0.05, 0.1) is 34.5 Å². The second-order valence-electron chi connectivity index (χ2n) is 12.8. The number of amides is 4. The van der Waals surface area contributed by atoms with Crippen molar-refractivity contribution in [1.29, 1.82) is 0 Å². The first-order chi connectivity index (χ1) is 23.1. The van der Waals surface area contributed by atoms with Gasteiger partial charge in [0.2, 0.25) is 23.6 Å². The van der Waals surface area contributed by atoms with Crippen LogP contribution in [0.15, 0.2) is 113 Å². The molecular weight excluding hydrogens is 699 g/mol. The summed E-state index contributed by atoms with van der Waals surface area (Å²) in [6.07, 6.45) is 2.16. The van der Waals surface area contributed by atoms with E-state index in [2.05, 4.69) is 15.9 Å². The van der Waals surface area contributed by atoms with Crippen molar-refractivity contribution >= 4 is 62.5 Å². The van der Waals surface area contributed by atoms with Crippen LogP contribution in [0.4, 0.5) is 15.8 Å². The van der Waals surface area contributed by atoms with Crippen LogP contribution >= 0.6 is 27.5 Å². The fourth-order valence-electron chi connectivity index (χ4n) is 8.70. The standard InChI is InChI=1S/C38H27BrClFN2O5/c39-21-12-14-23(15-13-21)42-34(45)26-17-16-25-28(31(26)36(42)47)19-29-35(46)43(24-9-4-8-22(40)18-24)37(48)38(29,20-6-2-1-3-7-20)32(25)27-10-5-11-30(41)33(27)44/h1-16,18,26,28-29,31-32,44H,17,19H2. The van der Waals surface area contributed by atoms with Crippen LogP contribution in [-0.2, 0) is 24.6 Å². The van der Waals surface area contributed by atoms with Crippen LogP contribution in [0, 0.1) is 29.5 Å². The Morgan fingerprint density at radius 2 is 1.52 bits per heavy atom. The summed E-state index contributed by atoms with van der Waals surface area (Å²) in [4.78, 5) is 60.5. The van der Waals surface area contributed by atoms with E-state index in [0.717, 1.165) is 15.4 Å². The molecule has 1 saturated carbocycles. The summed E-state index contributed by atoms with van der Waals surface area (Å²) >= 11 is 9.74. The van der Waals surface area contributed by atoms with E-state index in [1.165, 1.54) is 11.0 Å². The third kappa shape index (κ3) is 4.23. The van der Waals surface area contributed by atoms with Gasteiger partial charge in [-0.15, -0.1) is 0 Å². The SMILES string of the molecule is O=C1C2CC=C3C(CC4C(=O)N(c5cccc(Cl)c5)C(=O)C4(c4ccccc4)C3c3cccc(F)c3O)C2C(=O)N1c1ccc(Br)cc1. The molecule has 4 aliphatic rings. The molecule has 4 aromatic carbocycles. The first kappa shape index (κ1) is 30.7. The van der Waals surface area contributed by atoms with E-state index in [1.807, 2.05) is 6.08 Å². The zero-order chi connectivity index (χ0) is 33.5. The number of carbonyl (C=O) groups excluding carboxylic acids is 4. The minimum atomic E-state index is -1.61. The van der Waals surface area contributed by atoms with Gasteiger partial charge in [0, 0.05) is 21.0 Å². The lowest BCUT2D eigenvalue weighted by Gasteiger charge is -2.50. The van der Waals surface area contributed by atoms with E-state index in [9.17, 15) is 19.5 Å². The van der Waals surface area contributed by atoms with E-state index in [0.29, 0.717) is 21.8 Å². The number of para-hydroxylation sites is 1. The Kier molecular flexibility index (Phi) is 7.19. The average molecular weight is 726 g/mol. The molecule has 1 N–H and O–H groups in total. The Bertz CT molecular complexity index is 2070. The van der Waals surface area contributed by atoms with Gasteiger partial charge in [-0.1, -0.05) is 87.7 Å². The number of allylic oxidation sites excluding steroid dienone is 2. The number of phenolic OH excluding ortho intramolecular Hbond substituents is 1. The largest absolute Gasteiger partial charge is 0.505 e.